The van der Waals surface area contributed by atoms with E-state index < -0.39 is 36.6 Å². The summed E-state index contributed by atoms with van der Waals surface area (Å²) in [5.74, 6) is 0. The van der Waals surface area contributed by atoms with Gasteiger partial charge in [-0.15, -0.1) is 0 Å². The second kappa shape index (κ2) is 7.30. The fourth-order valence-corrected chi connectivity index (χ4v) is 3.79. The first-order valence-corrected chi connectivity index (χ1v) is 11.4. The van der Waals surface area contributed by atoms with Gasteiger partial charge in [0.2, 0.25) is 0 Å². The van der Waals surface area contributed by atoms with E-state index in [1.165, 1.54) is 0 Å². The SMILES string of the molecule is CCCCn1nc2c(B3OC(C)(C)C(C)(C)O3)ccc(B3OC(C)(C)C(C)(C)O3)c2n1. The van der Waals surface area contributed by atoms with Crippen LogP contribution in [0.15, 0.2) is 12.1 Å². The molecule has 0 unspecified atom stereocenters. The molecule has 0 amide bonds. The number of aromatic nitrogens is 3. The molecule has 0 radical (unpaired) electrons. The average molecular weight is 427 g/mol. The van der Waals surface area contributed by atoms with Crippen LogP contribution in [0.3, 0.4) is 0 Å². The highest BCUT2D eigenvalue weighted by molar-refractivity contribution is 6.68. The molecule has 0 aliphatic carbocycles. The lowest BCUT2D eigenvalue weighted by atomic mass is 9.72. The van der Waals surface area contributed by atoms with Crippen LogP contribution >= 0.6 is 0 Å². The van der Waals surface area contributed by atoms with Crippen molar-refractivity contribution in [2.24, 2.45) is 0 Å². The summed E-state index contributed by atoms with van der Waals surface area (Å²) in [5.41, 5.74) is 1.63. The van der Waals surface area contributed by atoms with Crippen LogP contribution < -0.4 is 10.9 Å². The quantitative estimate of drug-likeness (QED) is 0.684. The third kappa shape index (κ3) is 3.73. The highest BCUT2D eigenvalue weighted by atomic mass is 16.7. The zero-order valence-corrected chi connectivity index (χ0v) is 20.4. The number of rotatable bonds is 5. The van der Waals surface area contributed by atoms with E-state index in [4.69, 9.17) is 28.8 Å². The third-order valence-corrected chi connectivity index (χ3v) is 7.37. The number of hydrogen-bond donors (Lipinski definition) is 0. The minimum Gasteiger partial charge on any atom is -0.399 e. The lowest BCUT2D eigenvalue weighted by Crippen LogP contribution is -2.41. The molecule has 0 bridgehead atoms. The molecule has 0 atom stereocenters. The summed E-state index contributed by atoms with van der Waals surface area (Å²) in [5, 5.41) is 9.66. The standard InChI is InChI=1S/C22H35B2N3O4/c1-10-11-14-27-25-17-15(23-28-19(2,3)20(4,5)29-23)12-13-16(18(17)26-27)24-30-21(6,7)22(8,9)31-24/h12-13H,10-11,14H2,1-9H3. The van der Waals surface area contributed by atoms with Gasteiger partial charge in [0.1, 0.15) is 11.0 Å². The lowest BCUT2D eigenvalue weighted by Gasteiger charge is -2.32. The highest BCUT2D eigenvalue weighted by Gasteiger charge is 2.54. The maximum Gasteiger partial charge on any atom is 0.497 e. The molecule has 4 rings (SSSR count). The third-order valence-electron chi connectivity index (χ3n) is 7.37. The van der Waals surface area contributed by atoms with Gasteiger partial charge in [0.25, 0.3) is 0 Å². The second-order valence-corrected chi connectivity index (χ2v) is 10.8. The van der Waals surface area contributed by atoms with Gasteiger partial charge in [-0.2, -0.15) is 15.0 Å². The summed E-state index contributed by atoms with van der Waals surface area (Å²) in [6.07, 6.45) is 2.09. The number of hydrogen-bond acceptors (Lipinski definition) is 6. The molecule has 1 aromatic heterocycles. The molecule has 0 spiro atoms. The van der Waals surface area contributed by atoms with E-state index in [-0.39, 0.29) is 0 Å². The van der Waals surface area contributed by atoms with Crippen LogP contribution in [0, 0.1) is 0 Å². The van der Waals surface area contributed by atoms with E-state index in [2.05, 4.69) is 62.3 Å². The zero-order chi connectivity index (χ0) is 22.8. The van der Waals surface area contributed by atoms with E-state index in [1.807, 2.05) is 12.1 Å². The Labute approximate surface area is 186 Å². The first kappa shape index (κ1) is 22.8. The Morgan fingerprint density at radius 1 is 0.710 bits per heavy atom. The molecule has 7 nitrogen and oxygen atoms in total. The number of fused-ring (bicyclic) bond motifs is 1. The molecular weight excluding hydrogens is 392 g/mol. The van der Waals surface area contributed by atoms with E-state index in [0.717, 1.165) is 41.3 Å². The smallest absolute Gasteiger partial charge is 0.399 e. The van der Waals surface area contributed by atoms with Crippen LogP contribution in [0.2, 0.25) is 0 Å². The van der Waals surface area contributed by atoms with Crippen LogP contribution in [0.25, 0.3) is 11.0 Å². The molecule has 9 heteroatoms. The fraction of sp³-hybridized carbons (Fsp3) is 0.727. The monoisotopic (exact) mass is 427 g/mol. The summed E-state index contributed by atoms with van der Waals surface area (Å²) in [4.78, 5) is 1.78. The van der Waals surface area contributed by atoms with Gasteiger partial charge in [-0.25, -0.2) is 0 Å². The van der Waals surface area contributed by atoms with Gasteiger partial charge in [0.15, 0.2) is 0 Å². The minimum absolute atomic E-state index is 0.424. The average Bonchev–Trinajstić information content (AvgIpc) is 3.22. The zero-order valence-electron chi connectivity index (χ0n) is 20.4. The Kier molecular flexibility index (Phi) is 5.36. The van der Waals surface area contributed by atoms with Gasteiger partial charge in [-0.1, -0.05) is 25.5 Å². The molecule has 0 N–H and O–H groups in total. The van der Waals surface area contributed by atoms with Crippen molar-refractivity contribution >= 4 is 36.2 Å². The number of aryl methyl sites for hydroxylation is 1. The van der Waals surface area contributed by atoms with E-state index in [0.29, 0.717) is 0 Å². The molecule has 0 saturated carbocycles. The molecule has 2 saturated heterocycles. The number of nitrogens with zero attached hydrogens (tertiary/aromatic N) is 3. The van der Waals surface area contributed by atoms with Crippen LogP contribution in [0.5, 0.6) is 0 Å². The maximum absolute atomic E-state index is 6.32. The van der Waals surface area contributed by atoms with Gasteiger partial charge in [0.05, 0.1) is 28.9 Å². The topological polar surface area (TPSA) is 67.6 Å². The van der Waals surface area contributed by atoms with Crippen molar-refractivity contribution in [1.29, 1.82) is 0 Å². The van der Waals surface area contributed by atoms with Crippen molar-refractivity contribution in [2.75, 3.05) is 0 Å². The molecule has 168 valence electrons. The second-order valence-electron chi connectivity index (χ2n) is 10.8. The Morgan fingerprint density at radius 2 is 1.06 bits per heavy atom. The van der Waals surface area contributed by atoms with Crippen LogP contribution in [-0.2, 0) is 25.2 Å². The molecular formula is C22H35B2N3O4. The fourth-order valence-electron chi connectivity index (χ4n) is 3.79. The van der Waals surface area contributed by atoms with E-state index >= 15 is 0 Å². The van der Waals surface area contributed by atoms with E-state index in [1.54, 1.807) is 4.80 Å². The van der Waals surface area contributed by atoms with Crippen molar-refractivity contribution in [1.82, 2.24) is 15.0 Å². The normalized spacial score (nSPS) is 23.8. The molecule has 3 heterocycles. The van der Waals surface area contributed by atoms with Crippen molar-refractivity contribution in [3.63, 3.8) is 0 Å². The van der Waals surface area contributed by atoms with Crippen LogP contribution in [-0.4, -0.2) is 51.6 Å². The van der Waals surface area contributed by atoms with Gasteiger partial charge < -0.3 is 18.6 Å². The van der Waals surface area contributed by atoms with Gasteiger partial charge in [-0.3, -0.25) is 0 Å². The maximum atomic E-state index is 6.32. The molecule has 2 aliphatic rings. The largest absolute Gasteiger partial charge is 0.497 e. The van der Waals surface area contributed by atoms with Crippen molar-refractivity contribution < 1.29 is 18.6 Å². The first-order valence-electron chi connectivity index (χ1n) is 11.4. The summed E-state index contributed by atoms with van der Waals surface area (Å²) >= 11 is 0. The Morgan fingerprint density at radius 3 is 1.39 bits per heavy atom. The summed E-state index contributed by atoms with van der Waals surface area (Å²) < 4.78 is 25.3. The van der Waals surface area contributed by atoms with Gasteiger partial charge >= 0.3 is 14.2 Å². The molecule has 1 aromatic carbocycles. The molecule has 2 fully saturated rings. The minimum atomic E-state index is -0.504. The molecule has 2 aromatic rings. The molecule has 31 heavy (non-hydrogen) atoms. The first-order chi connectivity index (χ1) is 14.3. The highest BCUT2D eigenvalue weighted by Crippen LogP contribution is 2.38. The summed E-state index contributed by atoms with van der Waals surface area (Å²) in [7, 11) is -1.01. The Hall–Kier alpha value is -1.41. The number of benzene rings is 1. The Bertz CT molecular complexity index is 882. The van der Waals surface area contributed by atoms with Crippen molar-refractivity contribution in [3.05, 3.63) is 12.1 Å². The van der Waals surface area contributed by atoms with Crippen LogP contribution in [0.1, 0.15) is 75.2 Å². The predicted octanol–water partition coefficient (Wildman–Crippen LogP) is 2.83. The predicted molar refractivity (Wildman–Crippen MR) is 124 cm³/mol. The van der Waals surface area contributed by atoms with Gasteiger partial charge in [0, 0.05) is 10.9 Å². The molecule has 2 aliphatic heterocycles. The van der Waals surface area contributed by atoms with Crippen molar-refractivity contribution in [3.8, 4) is 0 Å². The summed E-state index contributed by atoms with van der Waals surface area (Å²) in [6, 6.07) is 4.04. The van der Waals surface area contributed by atoms with Crippen molar-refractivity contribution in [2.45, 2.75) is 104 Å². The number of unbranched alkanes of at least 4 members (excludes halogenated alkanes) is 1. The van der Waals surface area contributed by atoms with Crippen LogP contribution in [0.4, 0.5) is 0 Å². The lowest BCUT2D eigenvalue weighted by molar-refractivity contribution is 0.00578. The van der Waals surface area contributed by atoms with Gasteiger partial charge in [-0.05, 0) is 61.8 Å². The van der Waals surface area contributed by atoms with E-state index in [9.17, 15) is 0 Å². The Balaban J connectivity index is 1.78. The summed E-state index contributed by atoms with van der Waals surface area (Å²) in [6.45, 7) is 19.4.